The van der Waals surface area contributed by atoms with Gasteiger partial charge in [0.1, 0.15) is 5.78 Å². The molecule has 1 fully saturated rings. The van der Waals surface area contributed by atoms with Crippen molar-refractivity contribution in [2.24, 2.45) is 0 Å². The normalized spacial score (nSPS) is 19.5. The molecule has 0 aromatic heterocycles. The second-order valence-electron chi connectivity index (χ2n) is 4.62. The summed E-state index contributed by atoms with van der Waals surface area (Å²) < 4.78 is 0. The summed E-state index contributed by atoms with van der Waals surface area (Å²) in [4.78, 5) is 21.8. The van der Waals surface area contributed by atoms with Crippen LogP contribution in [0.3, 0.4) is 0 Å². The Labute approximate surface area is 100 Å². The largest absolute Gasteiger partial charge is 0.481 e. The van der Waals surface area contributed by atoms with E-state index in [4.69, 9.17) is 5.11 Å². The van der Waals surface area contributed by atoms with E-state index >= 15 is 0 Å². The van der Waals surface area contributed by atoms with Gasteiger partial charge in [0.2, 0.25) is 0 Å². The molecule has 0 heterocycles. The van der Waals surface area contributed by atoms with Crippen molar-refractivity contribution in [2.45, 2.75) is 38.0 Å². The molecule has 0 amide bonds. The van der Waals surface area contributed by atoms with Gasteiger partial charge in [-0.25, -0.2) is 0 Å². The van der Waals surface area contributed by atoms with Crippen molar-refractivity contribution in [3.63, 3.8) is 0 Å². The molecular weight excluding hydrogens is 216 g/mol. The molecule has 0 spiro atoms. The van der Waals surface area contributed by atoms with Crippen LogP contribution in [0.4, 0.5) is 0 Å². The monoisotopic (exact) mass is 232 g/mol. The highest BCUT2D eigenvalue weighted by atomic mass is 16.4. The third-order valence-corrected chi connectivity index (χ3v) is 3.30. The zero-order chi connectivity index (χ0) is 12.3. The van der Waals surface area contributed by atoms with Gasteiger partial charge in [0.15, 0.2) is 0 Å². The number of benzene rings is 1. The number of aliphatic carboxylic acids is 1. The van der Waals surface area contributed by atoms with Gasteiger partial charge in [0.25, 0.3) is 0 Å². The second-order valence-corrected chi connectivity index (χ2v) is 4.62. The molecule has 1 aliphatic carbocycles. The number of rotatable bonds is 4. The molecule has 1 saturated carbocycles. The van der Waals surface area contributed by atoms with E-state index < -0.39 is 5.97 Å². The van der Waals surface area contributed by atoms with Gasteiger partial charge >= 0.3 is 5.97 Å². The molecule has 1 aliphatic rings. The van der Waals surface area contributed by atoms with E-state index in [2.05, 4.69) is 0 Å². The first-order valence-corrected chi connectivity index (χ1v) is 5.97. The smallest absolute Gasteiger partial charge is 0.303 e. The van der Waals surface area contributed by atoms with Crippen LogP contribution in [0.1, 0.15) is 42.7 Å². The number of Topliss-reactive ketones (excluding diaryl/α,β-unsaturated/α-hetero) is 1. The minimum absolute atomic E-state index is 0.160. The maximum atomic E-state index is 11.2. The number of carboxylic acids is 1. The Hall–Kier alpha value is -1.64. The molecule has 1 aromatic carbocycles. The summed E-state index contributed by atoms with van der Waals surface area (Å²) in [6.45, 7) is 0. The molecule has 0 bridgehead atoms. The molecule has 3 nitrogen and oxygen atoms in total. The molecule has 1 unspecified atom stereocenters. The summed E-state index contributed by atoms with van der Waals surface area (Å²) in [5.41, 5.74) is 2.22. The topological polar surface area (TPSA) is 54.4 Å². The summed E-state index contributed by atoms with van der Waals surface area (Å²) in [6, 6.07) is 7.98. The standard InChI is InChI=1S/C14H16O3/c15-13-6-5-12(9-13)11-3-1-2-10(8-11)4-7-14(16)17/h1-3,8,12H,4-7,9H2,(H,16,17). The molecule has 3 heteroatoms. The molecule has 1 atom stereocenters. The lowest BCUT2D eigenvalue weighted by Gasteiger charge is -2.10. The minimum Gasteiger partial charge on any atom is -0.481 e. The third-order valence-electron chi connectivity index (χ3n) is 3.30. The number of ketones is 1. The number of carbonyl (C=O) groups is 2. The van der Waals surface area contributed by atoms with Crippen molar-refractivity contribution in [3.8, 4) is 0 Å². The van der Waals surface area contributed by atoms with Crippen LogP contribution >= 0.6 is 0 Å². The summed E-state index contributed by atoms with van der Waals surface area (Å²) in [7, 11) is 0. The second kappa shape index (κ2) is 5.13. The average molecular weight is 232 g/mol. The zero-order valence-electron chi connectivity index (χ0n) is 9.69. The van der Waals surface area contributed by atoms with Gasteiger partial charge in [-0.3, -0.25) is 9.59 Å². The van der Waals surface area contributed by atoms with E-state index in [1.165, 1.54) is 5.56 Å². The highest BCUT2D eigenvalue weighted by molar-refractivity contribution is 5.81. The zero-order valence-corrected chi connectivity index (χ0v) is 9.69. The highest BCUT2D eigenvalue weighted by Gasteiger charge is 2.23. The predicted octanol–water partition coefficient (Wildman–Crippen LogP) is 2.54. The first-order chi connectivity index (χ1) is 8.15. The lowest BCUT2D eigenvalue weighted by molar-refractivity contribution is -0.137. The van der Waals surface area contributed by atoms with Gasteiger partial charge < -0.3 is 5.11 Å². The van der Waals surface area contributed by atoms with Crippen molar-refractivity contribution >= 4 is 11.8 Å². The van der Waals surface area contributed by atoms with E-state index in [-0.39, 0.29) is 6.42 Å². The Morgan fingerprint density at radius 1 is 1.41 bits per heavy atom. The van der Waals surface area contributed by atoms with Gasteiger partial charge in [-0.2, -0.15) is 0 Å². The molecule has 90 valence electrons. The summed E-state index contributed by atoms with van der Waals surface area (Å²) >= 11 is 0. The maximum Gasteiger partial charge on any atom is 0.303 e. The fourth-order valence-electron chi connectivity index (χ4n) is 2.35. The summed E-state index contributed by atoms with van der Waals surface area (Å²) in [5, 5.41) is 8.65. The van der Waals surface area contributed by atoms with Gasteiger partial charge in [-0.1, -0.05) is 24.3 Å². The van der Waals surface area contributed by atoms with Crippen LogP contribution in [0.25, 0.3) is 0 Å². The molecule has 1 aromatic rings. The Morgan fingerprint density at radius 2 is 2.24 bits per heavy atom. The quantitative estimate of drug-likeness (QED) is 0.867. The predicted molar refractivity (Wildman–Crippen MR) is 64.0 cm³/mol. The Morgan fingerprint density at radius 3 is 2.88 bits per heavy atom. The van der Waals surface area contributed by atoms with E-state index in [0.29, 0.717) is 31.0 Å². The van der Waals surface area contributed by atoms with E-state index in [1.807, 2.05) is 24.3 Å². The number of carboxylic acid groups (broad SMARTS) is 1. The van der Waals surface area contributed by atoms with Crippen molar-refractivity contribution < 1.29 is 14.7 Å². The van der Waals surface area contributed by atoms with Crippen LogP contribution in [0, 0.1) is 0 Å². The van der Waals surface area contributed by atoms with Gasteiger partial charge in [-0.05, 0) is 29.9 Å². The van der Waals surface area contributed by atoms with Crippen molar-refractivity contribution in [3.05, 3.63) is 35.4 Å². The number of aryl methyl sites for hydroxylation is 1. The first-order valence-electron chi connectivity index (χ1n) is 5.97. The SMILES string of the molecule is O=C(O)CCc1cccc(C2CCC(=O)C2)c1. The fraction of sp³-hybridized carbons (Fsp3) is 0.429. The molecule has 1 N–H and O–H groups in total. The molecule has 2 rings (SSSR count). The highest BCUT2D eigenvalue weighted by Crippen LogP contribution is 2.32. The molecule has 0 aliphatic heterocycles. The Kier molecular flexibility index (Phi) is 3.57. The summed E-state index contributed by atoms with van der Waals surface area (Å²) in [5.74, 6) is -0.0929. The van der Waals surface area contributed by atoms with Crippen LogP contribution in [0.15, 0.2) is 24.3 Å². The van der Waals surface area contributed by atoms with Crippen molar-refractivity contribution in [2.75, 3.05) is 0 Å². The lowest BCUT2D eigenvalue weighted by Crippen LogP contribution is -1.99. The van der Waals surface area contributed by atoms with E-state index in [9.17, 15) is 9.59 Å². The fourth-order valence-corrected chi connectivity index (χ4v) is 2.35. The van der Waals surface area contributed by atoms with Crippen LogP contribution in [-0.4, -0.2) is 16.9 Å². The van der Waals surface area contributed by atoms with Crippen molar-refractivity contribution in [1.82, 2.24) is 0 Å². The van der Waals surface area contributed by atoms with Gasteiger partial charge in [-0.15, -0.1) is 0 Å². The lowest BCUT2D eigenvalue weighted by atomic mass is 9.95. The van der Waals surface area contributed by atoms with E-state index in [0.717, 1.165) is 12.0 Å². The third kappa shape index (κ3) is 3.16. The summed E-state index contributed by atoms with van der Waals surface area (Å²) in [6.07, 6.45) is 2.98. The van der Waals surface area contributed by atoms with Crippen LogP contribution in [0.2, 0.25) is 0 Å². The maximum absolute atomic E-state index is 11.2. The molecule has 0 saturated heterocycles. The van der Waals surface area contributed by atoms with Gasteiger partial charge in [0.05, 0.1) is 0 Å². The number of carbonyl (C=O) groups excluding carboxylic acids is 1. The van der Waals surface area contributed by atoms with Crippen LogP contribution in [0.5, 0.6) is 0 Å². The minimum atomic E-state index is -0.772. The van der Waals surface area contributed by atoms with Crippen LogP contribution in [-0.2, 0) is 16.0 Å². The molecule has 17 heavy (non-hydrogen) atoms. The average Bonchev–Trinajstić information content (AvgIpc) is 2.74. The number of hydrogen-bond acceptors (Lipinski definition) is 2. The van der Waals surface area contributed by atoms with E-state index in [1.54, 1.807) is 0 Å². The Bertz CT molecular complexity index is 437. The van der Waals surface area contributed by atoms with Gasteiger partial charge in [0, 0.05) is 19.3 Å². The molecular formula is C14H16O3. The first kappa shape index (κ1) is 11.8. The molecule has 0 radical (unpaired) electrons. The van der Waals surface area contributed by atoms with Crippen LogP contribution < -0.4 is 0 Å². The Balaban J connectivity index is 2.06. The van der Waals surface area contributed by atoms with Crippen molar-refractivity contribution in [1.29, 1.82) is 0 Å². The number of hydrogen-bond donors (Lipinski definition) is 1.